The molecule has 0 aromatic heterocycles. The van der Waals surface area contributed by atoms with Crippen molar-refractivity contribution in [2.24, 2.45) is 0 Å². The normalized spacial score (nSPS) is 9.25. The minimum atomic E-state index is -0.0110. The molecule has 0 radical (unpaired) electrons. The molecule has 2 nitrogen and oxygen atoms in total. The summed E-state index contributed by atoms with van der Waals surface area (Å²) >= 11 is 0. The second kappa shape index (κ2) is 5.99. The van der Waals surface area contributed by atoms with Crippen LogP contribution in [-0.2, 0) is 0 Å². The van der Waals surface area contributed by atoms with E-state index in [-0.39, 0.29) is 63.2 Å². The molecule has 0 aliphatic carbocycles. The summed E-state index contributed by atoms with van der Waals surface area (Å²) in [4.78, 5) is 0. The monoisotopic (exact) mass is 190 g/mol. The fourth-order valence-corrected chi connectivity index (χ4v) is 0.820. The van der Waals surface area contributed by atoms with Crippen LogP contribution in [-0.4, -0.2) is 6.10 Å². The summed E-state index contributed by atoms with van der Waals surface area (Å²) in [6, 6.07) is 6.47. The van der Waals surface area contributed by atoms with Crippen LogP contribution in [0.3, 0.4) is 0 Å². The van der Waals surface area contributed by atoms with Crippen LogP contribution in [0.25, 0.3) is 0 Å². The SMILES string of the molecule is CC(C)Oc1cccc([O-])c1.[K+]. The minimum Gasteiger partial charge on any atom is -0.872 e. The number of hydrogen-bond donors (Lipinski definition) is 0. The van der Waals surface area contributed by atoms with Gasteiger partial charge in [0, 0.05) is 0 Å². The Balaban J connectivity index is 0.00000121. The molecule has 60 valence electrons. The summed E-state index contributed by atoms with van der Waals surface area (Å²) in [7, 11) is 0. The van der Waals surface area contributed by atoms with Crippen LogP contribution < -0.4 is 61.2 Å². The van der Waals surface area contributed by atoms with Crippen molar-refractivity contribution in [2.75, 3.05) is 0 Å². The fraction of sp³-hybridized carbons (Fsp3) is 0.333. The quantitative estimate of drug-likeness (QED) is 0.535. The smallest absolute Gasteiger partial charge is 0.872 e. The van der Waals surface area contributed by atoms with E-state index >= 15 is 0 Å². The molecule has 1 aromatic rings. The second-order valence-electron chi connectivity index (χ2n) is 2.64. The Morgan fingerprint density at radius 1 is 1.33 bits per heavy atom. The van der Waals surface area contributed by atoms with Crippen LogP contribution in [0.4, 0.5) is 0 Å². The van der Waals surface area contributed by atoms with Crippen molar-refractivity contribution < 1.29 is 61.2 Å². The molecule has 0 unspecified atom stereocenters. The van der Waals surface area contributed by atoms with Crippen LogP contribution >= 0.6 is 0 Å². The molecule has 0 spiro atoms. The van der Waals surface area contributed by atoms with Crippen molar-refractivity contribution in [3.8, 4) is 11.5 Å². The third-order valence-electron chi connectivity index (χ3n) is 1.18. The first kappa shape index (κ1) is 12.5. The van der Waals surface area contributed by atoms with E-state index in [2.05, 4.69) is 0 Å². The summed E-state index contributed by atoms with van der Waals surface area (Å²) in [5, 5.41) is 10.8. The molecule has 0 saturated carbocycles. The summed E-state index contributed by atoms with van der Waals surface area (Å²) in [6.45, 7) is 3.86. The number of rotatable bonds is 2. The summed E-state index contributed by atoms with van der Waals surface area (Å²) in [6.07, 6.45) is 0.122. The van der Waals surface area contributed by atoms with Gasteiger partial charge >= 0.3 is 51.4 Å². The van der Waals surface area contributed by atoms with Crippen LogP contribution in [0.1, 0.15) is 13.8 Å². The van der Waals surface area contributed by atoms with Gasteiger partial charge in [0.1, 0.15) is 5.75 Å². The largest absolute Gasteiger partial charge is 1.00 e. The minimum absolute atomic E-state index is 0. The van der Waals surface area contributed by atoms with Gasteiger partial charge in [-0.1, -0.05) is 12.1 Å². The Bertz CT molecular complexity index is 236. The van der Waals surface area contributed by atoms with E-state index < -0.39 is 0 Å². The van der Waals surface area contributed by atoms with Crippen molar-refractivity contribution in [2.45, 2.75) is 20.0 Å². The molecule has 0 bridgehead atoms. The summed E-state index contributed by atoms with van der Waals surface area (Å²) in [5.41, 5.74) is 0. The molecule has 0 heterocycles. The van der Waals surface area contributed by atoms with Gasteiger partial charge in [-0.25, -0.2) is 0 Å². The Kier molecular flexibility index (Phi) is 6.22. The van der Waals surface area contributed by atoms with E-state index in [9.17, 15) is 5.11 Å². The third-order valence-corrected chi connectivity index (χ3v) is 1.18. The predicted molar refractivity (Wildman–Crippen MR) is 41.7 cm³/mol. The van der Waals surface area contributed by atoms with Gasteiger partial charge < -0.3 is 9.84 Å². The van der Waals surface area contributed by atoms with Crippen molar-refractivity contribution in [3.63, 3.8) is 0 Å². The molecule has 0 atom stereocenters. The van der Waals surface area contributed by atoms with E-state index in [0.717, 1.165) is 0 Å². The molecule has 3 heteroatoms. The first-order chi connectivity index (χ1) is 5.18. The van der Waals surface area contributed by atoms with Gasteiger partial charge in [0.25, 0.3) is 0 Å². The zero-order valence-corrected chi connectivity index (χ0v) is 10.8. The van der Waals surface area contributed by atoms with Gasteiger partial charge in [-0.05, 0) is 26.0 Å². The van der Waals surface area contributed by atoms with Crippen LogP contribution in [0.5, 0.6) is 11.5 Å². The maximum absolute atomic E-state index is 10.8. The van der Waals surface area contributed by atoms with Gasteiger partial charge in [-0.2, -0.15) is 0 Å². The first-order valence-corrected chi connectivity index (χ1v) is 3.62. The maximum atomic E-state index is 10.8. The van der Waals surface area contributed by atoms with Crippen molar-refractivity contribution in [1.29, 1.82) is 0 Å². The molecule has 0 amide bonds. The second-order valence-corrected chi connectivity index (χ2v) is 2.64. The molecule has 0 fully saturated rings. The molecular weight excluding hydrogens is 179 g/mol. The number of benzene rings is 1. The van der Waals surface area contributed by atoms with Gasteiger partial charge in [-0.3, -0.25) is 0 Å². The number of ether oxygens (including phenoxy) is 1. The average molecular weight is 190 g/mol. The van der Waals surface area contributed by atoms with Gasteiger partial charge in [-0.15, -0.1) is 5.75 Å². The van der Waals surface area contributed by atoms with E-state index in [0.29, 0.717) is 5.75 Å². The first-order valence-electron chi connectivity index (χ1n) is 3.62. The molecular formula is C9H11KO2. The summed E-state index contributed by atoms with van der Waals surface area (Å²) in [5.74, 6) is 0.635. The molecule has 0 N–H and O–H groups in total. The van der Waals surface area contributed by atoms with Crippen molar-refractivity contribution >= 4 is 0 Å². The standard InChI is InChI=1S/C9H12O2.K/c1-7(2)11-9-5-3-4-8(10)6-9;/h3-7,10H,1-2H3;/q;+1/p-1. The van der Waals surface area contributed by atoms with E-state index in [1.807, 2.05) is 13.8 Å². The van der Waals surface area contributed by atoms with Crippen LogP contribution in [0.15, 0.2) is 24.3 Å². The van der Waals surface area contributed by atoms with Crippen LogP contribution in [0, 0.1) is 0 Å². The topological polar surface area (TPSA) is 32.3 Å². The summed E-state index contributed by atoms with van der Waals surface area (Å²) < 4.78 is 5.30. The van der Waals surface area contributed by atoms with Gasteiger partial charge in [0.2, 0.25) is 0 Å². The molecule has 12 heavy (non-hydrogen) atoms. The Morgan fingerprint density at radius 3 is 2.50 bits per heavy atom. The van der Waals surface area contributed by atoms with Crippen molar-refractivity contribution in [1.82, 2.24) is 0 Å². The van der Waals surface area contributed by atoms with E-state index in [1.165, 1.54) is 12.1 Å². The van der Waals surface area contributed by atoms with Gasteiger partial charge in [0.05, 0.1) is 6.10 Å². The zero-order valence-electron chi connectivity index (χ0n) is 7.70. The average Bonchev–Trinajstić information content (AvgIpc) is 1.85. The predicted octanol–water partition coefficient (Wildman–Crippen LogP) is -1.45. The molecule has 0 aliphatic rings. The number of hydrogen-bond acceptors (Lipinski definition) is 2. The third kappa shape index (κ3) is 4.47. The van der Waals surface area contributed by atoms with Crippen LogP contribution in [0.2, 0.25) is 0 Å². The van der Waals surface area contributed by atoms with Crippen molar-refractivity contribution in [3.05, 3.63) is 24.3 Å². The molecule has 0 saturated heterocycles. The molecule has 1 aromatic carbocycles. The Hall–Kier alpha value is 0.456. The zero-order chi connectivity index (χ0) is 8.27. The Labute approximate surface area is 115 Å². The van der Waals surface area contributed by atoms with Gasteiger partial charge in [0.15, 0.2) is 0 Å². The fourth-order valence-electron chi connectivity index (χ4n) is 0.820. The molecule has 0 aliphatic heterocycles. The maximum Gasteiger partial charge on any atom is 1.00 e. The van der Waals surface area contributed by atoms with E-state index in [1.54, 1.807) is 12.1 Å². The van der Waals surface area contributed by atoms with E-state index in [4.69, 9.17) is 4.74 Å². The Morgan fingerprint density at radius 2 is 2.00 bits per heavy atom. The molecule has 1 rings (SSSR count).